The standard InChI is InChI=1S/C22H16Cl2N4/c23-17-7-5-15(11-18(17)24)21-22(26-10-9-25-21)16-12-28(13-16)20-8-6-14-3-1-2-4-19(14)27-20/h1-11,16H,12-13H2. The Bertz CT molecular complexity index is 1170. The van der Waals surface area contributed by atoms with Gasteiger partial charge in [0.1, 0.15) is 5.82 Å². The number of benzene rings is 2. The van der Waals surface area contributed by atoms with Crippen molar-refractivity contribution >= 4 is 39.9 Å². The van der Waals surface area contributed by atoms with Crippen molar-refractivity contribution in [1.29, 1.82) is 0 Å². The second-order valence-electron chi connectivity index (χ2n) is 6.88. The second-order valence-corrected chi connectivity index (χ2v) is 7.70. The van der Waals surface area contributed by atoms with Crippen molar-refractivity contribution in [2.24, 2.45) is 0 Å². The normalized spacial score (nSPS) is 14.3. The number of fused-ring (bicyclic) bond motifs is 1. The smallest absolute Gasteiger partial charge is 0.129 e. The first-order chi connectivity index (χ1) is 13.7. The van der Waals surface area contributed by atoms with Crippen LogP contribution in [0.1, 0.15) is 11.6 Å². The number of halogens is 2. The monoisotopic (exact) mass is 406 g/mol. The maximum atomic E-state index is 6.20. The van der Waals surface area contributed by atoms with Gasteiger partial charge in [-0.05, 0) is 30.3 Å². The summed E-state index contributed by atoms with van der Waals surface area (Å²) in [5.74, 6) is 1.29. The van der Waals surface area contributed by atoms with Crippen molar-refractivity contribution < 1.29 is 0 Å². The summed E-state index contributed by atoms with van der Waals surface area (Å²) >= 11 is 12.3. The molecule has 1 fully saturated rings. The highest BCUT2D eigenvalue weighted by atomic mass is 35.5. The Hall–Kier alpha value is -2.69. The van der Waals surface area contributed by atoms with Gasteiger partial charge in [0.25, 0.3) is 0 Å². The van der Waals surface area contributed by atoms with Gasteiger partial charge in [-0.25, -0.2) is 4.98 Å². The molecule has 1 aliphatic heterocycles. The van der Waals surface area contributed by atoms with E-state index in [-0.39, 0.29) is 0 Å². The van der Waals surface area contributed by atoms with E-state index in [2.05, 4.69) is 33.1 Å². The lowest BCUT2D eigenvalue weighted by Gasteiger charge is -2.40. The van der Waals surface area contributed by atoms with Crippen molar-refractivity contribution in [3.8, 4) is 11.3 Å². The van der Waals surface area contributed by atoms with Crippen molar-refractivity contribution in [3.63, 3.8) is 0 Å². The van der Waals surface area contributed by atoms with E-state index >= 15 is 0 Å². The molecule has 0 radical (unpaired) electrons. The highest BCUT2D eigenvalue weighted by molar-refractivity contribution is 6.42. The van der Waals surface area contributed by atoms with Gasteiger partial charge in [-0.2, -0.15) is 0 Å². The molecule has 1 saturated heterocycles. The summed E-state index contributed by atoms with van der Waals surface area (Å²) in [7, 11) is 0. The molecule has 0 amide bonds. The SMILES string of the molecule is Clc1ccc(-c2nccnc2C2CN(c3ccc4ccccc4n3)C2)cc1Cl. The van der Waals surface area contributed by atoms with Gasteiger partial charge < -0.3 is 4.90 Å². The minimum atomic E-state index is 0.298. The molecule has 0 atom stereocenters. The number of hydrogen-bond donors (Lipinski definition) is 0. The molecule has 1 aliphatic rings. The summed E-state index contributed by atoms with van der Waals surface area (Å²) in [6.45, 7) is 1.72. The lowest BCUT2D eigenvalue weighted by atomic mass is 9.92. The topological polar surface area (TPSA) is 41.9 Å². The number of hydrogen-bond acceptors (Lipinski definition) is 4. The first-order valence-corrected chi connectivity index (χ1v) is 9.82. The van der Waals surface area contributed by atoms with E-state index in [0.717, 1.165) is 46.8 Å². The molecule has 0 spiro atoms. The molecule has 5 rings (SSSR count). The van der Waals surface area contributed by atoms with Crippen LogP contribution in [0.25, 0.3) is 22.2 Å². The molecule has 0 unspecified atom stereocenters. The molecule has 0 bridgehead atoms. The molecule has 6 heteroatoms. The number of anilines is 1. The minimum Gasteiger partial charge on any atom is -0.355 e. The highest BCUT2D eigenvalue weighted by Crippen LogP contribution is 2.36. The summed E-state index contributed by atoms with van der Waals surface area (Å²) < 4.78 is 0. The van der Waals surface area contributed by atoms with Crippen LogP contribution in [0.4, 0.5) is 5.82 Å². The Labute approximate surface area is 172 Å². The Balaban J connectivity index is 1.41. The molecule has 0 N–H and O–H groups in total. The fraction of sp³-hybridized carbons (Fsp3) is 0.136. The molecule has 0 saturated carbocycles. The van der Waals surface area contributed by atoms with Crippen LogP contribution in [0.2, 0.25) is 10.0 Å². The number of para-hydroxylation sites is 1. The van der Waals surface area contributed by atoms with Crippen LogP contribution >= 0.6 is 23.2 Å². The van der Waals surface area contributed by atoms with Gasteiger partial charge >= 0.3 is 0 Å². The summed E-state index contributed by atoms with van der Waals surface area (Å²) in [4.78, 5) is 16.2. The van der Waals surface area contributed by atoms with E-state index in [0.29, 0.717) is 16.0 Å². The zero-order valence-electron chi connectivity index (χ0n) is 14.9. The quantitative estimate of drug-likeness (QED) is 0.443. The maximum Gasteiger partial charge on any atom is 0.129 e. The Morgan fingerprint density at radius 3 is 2.54 bits per heavy atom. The molecule has 4 aromatic rings. The van der Waals surface area contributed by atoms with Crippen molar-refractivity contribution in [3.05, 3.63) is 82.7 Å². The molecule has 138 valence electrons. The van der Waals surface area contributed by atoms with Crippen LogP contribution in [-0.2, 0) is 0 Å². The number of aromatic nitrogens is 3. The summed E-state index contributed by atoms with van der Waals surface area (Å²) in [6, 6.07) is 17.9. The first-order valence-electron chi connectivity index (χ1n) is 9.06. The molecule has 4 nitrogen and oxygen atoms in total. The van der Waals surface area contributed by atoms with Gasteiger partial charge in [-0.3, -0.25) is 9.97 Å². The van der Waals surface area contributed by atoms with Gasteiger partial charge in [0.2, 0.25) is 0 Å². The molecular weight excluding hydrogens is 391 g/mol. The largest absolute Gasteiger partial charge is 0.355 e. The van der Waals surface area contributed by atoms with E-state index in [1.807, 2.05) is 30.3 Å². The lowest BCUT2D eigenvalue weighted by Crippen LogP contribution is -2.46. The van der Waals surface area contributed by atoms with Gasteiger partial charge in [0, 0.05) is 42.4 Å². The third-order valence-corrected chi connectivity index (χ3v) is 5.83. The van der Waals surface area contributed by atoms with Gasteiger partial charge in [-0.15, -0.1) is 0 Å². The Kier molecular flexibility index (Phi) is 4.38. The van der Waals surface area contributed by atoms with E-state index < -0.39 is 0 Å². The minimum absolute atomic E-state index is 0.298. The zero-order valence-corrected chi connectivity index (χ0v) is 16.4. The van der Waals surface area contributed by atoms with Crippen LogP contribution < -0.4 is 4.90 Å². The van der Waals surface area contributed by atoms with E-state index in [4.69, 9.17) is 28.2 Å². The van der Waals surface area contributed by atoms with E-state index in [9.17, 15) is 0 Å². The van der Waals surface area contributed by atoms with Crippen LogP contribution in [-0.4, -0.2) is 28.0 Å². The molecular formula is C22H16Cl2N4. The molecule has 2 aromatic heterocycles. The third kappa shape index (κ3) is 3.09. The number of pyridine rings is 1. The number of rotatable bonds is 3. The van der Waals surface area contributed by atoms with Crippen molar-refractivity contribution in [2.45, 2.75) is 5.92 Å². The fourth-order valence-electron chi connectivity index (χ4n) is 3.58. The van der Waals surface area contributed by atoms with Gasteiger partial charge in [0.15, 0.2) is 0 Å². The third-order valence-electron chi connectivity index (χ3n) is 5.10. The molecule has 0 aliphatic carbocycles. The van der Waals surface area contributed by atoms with E-state index in [1.165, 1.54) is 0 Å². The molecule has 2 aromatic carbocycles. The van der Waals surface area contributed by atoms with E-state index in [1.54, 1.807) is 18.5 Å². The highest BCUT2D eigenvalue weighted by Gasteiger charge is 2.32. The van der Waals surface area contributed by atoms with Crippen LogP contribution in [0, 0.1) is 0 Å². The second kappa shape index (κ2) is 7.04. The van der Waals surface area contributed by atoms with Gasteiger partial charge in [-0.1, -0.05) is 47.5 Å². The predicted molar refractivity (Wildman–Crippen MR) is 114 cm³/mol. The predicted octanol–water partition coefficient (Wildman–Crippen LogP) is 5.60. The number of nitrogens with zero attached hydrogens (tertiary/aromatic N) is 4. The van der Waals surface area contributed by atoms with Crippen LogP contribution in [0.5, 0.6) is 0 Å². The Morgan fingerprint density at radius 1 is 0.857 bits per heavy atom. The van der Waals surface area contributed by atoms with Crippen LogP contribution in [0.15, 0.2) is 67.0 Å². The molecule has 3 heterocycles. The average molecular weight is 407 g/mol. The maximum absolute atomic E-state index is 6.20. The Morgan fingerprint density at radius 2 is 1.68 bits per heavy atom. The fourth-order valence-corrected chi connectivity index (χ4v) is 3.88. The van der Waals surface area contributed by atoms with Crippen molar-refractivity contribution in [2.75, 3.05) is 18.0 Å². The summed E-state index contributed by atoms with van der Waals surface area (Å²) in [5.41, 5.74) is 3.79. The van der Waals surface area contributed by atoms with Gasteiger partial charge in [0.05, 0.1) is 26.9 Å². The first kappa shape index (κ1) is 17.4. The molecule has 28 heavy (non-hydrogen) atoms. The average Bonchev–Trinajstić information content (AvgIpc) is 2.69. The lowest BCUT2D eigenvalue weighted by molar-refractivity contribution is 0.509. The van der Waals surface area contributed by atoms with Crippen molar-refractivity contribution in [1.82, 2.24) is 15.0 Å². The summed E-state index contributed by atoms with van der Waals surface area (Å²) in [6.07, 6.45) is 3.45. The van der Waals surface area contributed by atoms with Crippen LogP contribution in [0.3, 0.4) is 0 Å². The summed E-state index contributed by atoms with van der Waals surface area (Å²) in [5, 5.41) is 2.21. The zero-order chi connectivity index (χ0) is 19.1.